The molecule has 2 amide bonds. The Morgan fingerprint density at radius 1 is 1.19 bits per heavy atom. The molecule has 0 aromatic rings. The summed E-state index contributed by atoms with van der Waals surface area (Å²) in [6, 6.07) is 0.729. The Morgan fingerprint density at radius 3 is 2.29 bits per heavy atom. The summed E-state index contributed by atoms with van der Waals surface area (Å²) in [5.74, 6) is 0.177. The van der Waals surface area contributed by atoms with E-state index in [0.29, 0.717) is 24.7 Å². The van der Waals surface area contributed by atoms with Gasteiger partial charge in [-0.1, -0.05) is 0 Å². The third-order valence-corrected chi connectivity index (χ3v) is 4.80. The Bertz CT molecular complexity index is 385. The quantitative estimate of drug-likeness (QED) is 0.833. The third kappa shape index (κ3) is 4.19. The number of piperidine rings is 1. The highest BCUT2D eigenvalue weighted by Crippen LogP contribution is 2.24. The van der Waals surface area contributed by atoms with Crippen molar-refractivity contribution in [3.63, 3.8) is 0 Å². The van der Waals surface area contributed by atoms with Crippen LogP contribution in [0.3, 0.4) is 0 Å². The van der Waals surface area contributed by atoms with Gasteiger partial charge < -0.3 is 10.2 Å². The Labute approximate surface area is 128 Å². The molecule has 120 valence electrons. The molecule has 2 aliphatic rings. The molecule has 2 rings (SSSR count). The largest absolute Gasteiger partial charge is 0.352 e. The summed E-state index contributed by atoms with van der Waals surface area (Å²) in [6.07, 6.45) is 5.53. The van der Waals surface area contributed by atoms with E-state index in [2.05, 4.69) is 19.2 Å². The van der Waals surface area contributed by atoms with Gasteiger partial charge in [-0.2, -0.15) is 0 Å². The summed E-state index contributed by atoms with van der Waals surface area (Å²) in [5.41, 5.74) is 0. The van der Waals surface area contributed by atoms with E-state index in [1.807, 2.05) is 23.8 Å². The summed E-state index contributed by atoms with van der Waals surface area (Å²) < 4.78 is 0. The summed E-state index contributed by atoms with van der Waals surface area (Å²) in [6.45, 7) is 6.45. The minimum Gasteiger partial charge on any atom is -0.352 e. The van der Waals surface area contributed by atoms with Crippen LogP contribution >= 0.6 is 0 Å². The van der Waals surface area contributed by atoms with E-state index >= 15 is 0 Å². The van der Waals surface area contributed by atoms with Crippen molar-refractivity contribution in [3.8, 4) is 0 Å². The van der Waals surface area contributed by atoms with Crippen molar-refractivity contribution >= 4 is 11.8 Å². The van der Waals surface area contributed by atoms with E-state index in [-0.39, 0.29) is 17.9 Å². The van der Waals surface area contributed by atoms with Crippen molar-refractivity contribution in [2.45, 2.75) is 77.0 Å². The molecule has 0 radical (unpaired) electrons. The van der Waals surface area contributed by atoms with Gasteiger partial charge >= 0.3 is 0 Å². The first-order valence-corrected chi connectivity index (χ1v) is 8.22. The van der Waals surface area contributed by atoms with Crippen LogP contribution in [0.15, 0.2) is 0 Å². The predicted octanol–water partition coefficient (Wildman–Crippen LogP) is 1.37. The van der Waals surface area contributed by atoms with E-state index in [1.165, 1.54) is 6.42 Å². The normalized spacial score (nSPS) is 27.6. The van der Waals surface area contributed by atoms with Crippen molar-refractivity contribution in [1.29, 1.82) is 0 Å². The van der Waals surface area contributed by atoms with Gasteiger partial charge in [0.15, 0.2) is 0 Å². The minimum atomic E-state index is -0.252. The summed E-state index contributed by atoms with van der Waals surface area (Å²) in [5, 5.41) is 2.97. The number of likely N-dealkylation sites (N-methyl/N-ethyl adjacent to an activating group) is 1. The van der Waals surface area contributed by atoms with Crippen LogP contribution in [-0.2, 0) is 9.59 Å². The van der Waals surface area contributed by atoms with Gasteiger partial charge in [-0.15, -0.1) is 0 Å². The molecule has 1 aliphatic heterocycles. The average Bonchev–Trinajstić information content (AvgIpc) is 3.21. The van der Waals surface area contributed by atoms with Crippen LogP contribution < -0.4 is 5.32 Å². The number of likely N-dealkylation sites (tertiary alicyclic amines) is 1. The number of rotatable bonds is 5. The molecule has 0 spiro atoms. The number of carbonyl (C=O) groups excluding carboxylic acids is 2. The first-order valence-electron chi connectivity index (χ1n) is 8.22. The number of amides is 2. The van der Waals surface area contributed by atoms with Crippen molar-refractivity contribution in [1.82, 2.24) is 15.1 Å². The molecule has 2 fully saturated rings. The maximum Gasteiger partial charge on any atom is 0.240 e. The topological polar surface area (TPSA) is 52.7 Å². The maximum atomic E-state index is 12.7. The van der Waals surface area contributed by atoms with E-state index in [0.717, 1.165) is 25.7 Å². The van der Waals surface area contributed by atoms with E-state index in [9.17, 15) is 9.59 Å². The summed E-state index contributed by atoms with van der Waals surface area (Å²) in [4.78, 5) is 28.5. The minimum absolute atomic E-state index is 0.0272. The first-order chi connectivity index (χ1) is 9.90. The van der Waals surface area contributed by atoms with E-state index < -0.39 is 0 Å². The van der Waals surface area contributed by atoms with Crippen LogP contribution in [0.1, 0.15) is 52.9 Å². The predicted molar refractivity (Wildman–Crippen MR) is 82.9 cm³/mol. The highest BCUT2D eigenvalue weighted by atomic mass is 16.2. The fraction of sp³-hybridized carbons (Fsp3) is 0.875. The van der Waals surface area contributed by atoms with Crippen LogP contribution in [0.25, 0.3) is 0 Å². The maximum absolute atomic E-state index is 12.7. The second-order valence-corrected chi connectivity index (χ2v) is 6.81. The van der Waals surface area contributed by atoms with Crippen molar-refractivity contribution in [2.75, 3.05) is 13.6 Å². The summed E-state index contributed by atoms with van der Waals surface area (Å²) in [7, 11) is 1.86. The zero-order chi connectivity index (χ0) is 15.6. The highest BCUT2D eigenvalue weighted by Gasteiger charge is 2.33. The average molecular weight is 295 g/mol. The lowest BCUT2D eigenvalue weighted by molar-refractivity contribution is -0.142. The smallest absolute Gasteiger partial charge is 0.240 e. The fourth-order valence-electron chi connectivity index (χ4n) is 3.12. The number of hydrogen-bond donors (Lipinski definition) is 1. The van der Waals surface area contributed by atoms with Crippen molar-refractivity contribution in [3.05, 3.63) is 0 Å². The van der Waals surface area contributed by atoms with Gasteiger partial charge in [-0.05, 0) is 59.9 Å². The van der Waals surface area contributed by atoms with Crippen LogP contribution in [0.4, 0.5) is 0 Å². The molecule has 3 atom stereocenters. The van der Waals surface area contributed by atoms with Gasteiger partial charge in [-0.25, -0.2) is 0 Å². The van der Waals surface area contributed by atoms with Crippen LogP contribution in [-0.4, -0.2) is 59.4 Å². The van der Waals surface area contributed by atoms with Gasteiger partial charge in [0.2, 0.25) is 11.8 Å². The molecule has 0 aromatic heterocycles. The second kappa shape index (κ2) is 6.77. The lowest BCUT2D eigenvalue weighted by atomic mass is 9.96. The SMILES string of the molecule is C[C@H](C(=O)N1[C@H](C)CCC[C@H]1C)N(C)CC(=O)NC1CC1. The zero-order valence-corrected chi connectivity index (χ0v) is 13.8. The molecule has 1 aliphatic carbocycles. The number of nitrogens with zero attached hydrogens (tertiary/aromatic N) is 2. The molecule has 5 nitrogen and oxygen atoms in total. The van der Waals surface area contributed by atoms with Gasteiger partial charge in [0.25, 0.3) is 0 Å². The molecule has 1 saturated carbocycles. The zero-order valence-electron chi connectivity index (χ0n) is 13.8. The number of nitrogens with one attached hydrogen (secondary N) is 1. The second-order valence-electron chi connectivity index (χ2n) is 6.81. The van der Waals surface area contributed by atoms with Gasteiger partial charge in [0.05, 0.1) is 12.6 Å². The molecule has 21 heavy (non-hydrogen) atoms. The molecule has 0 unspecified atom stereocenters. The van der Waals surface area contributed by atoms with Gasteiger partial charge in [-0.3, -0.25) is 14.5 Å². The standard InChI is InChI=1S/C16H29N3O2/c1-11-6-5-7-12(2)19(11)16(21)13(3)18(4)10-15(20)17-14-8-9-14/h11-14H,5-10H2,1-4H3,(H,17,20)/t11-,12-,13-/m1/s1. The molecule has 1 N–H and O–H groups in total. The number of carbonyl (C=O) groups is 2. The fourth-order valence-corrected chi connectivity index (χ4v) is 3.12. The lowest BCUT2D eigenvalue weighted by Gasteiger charge is -2.41. The van der Waals surface area contributed by atoms with Crippen LogP contribution in [0.2, 0.25) is 0 Å². The van der Waals surface area contributed by atoms with Gasteiger partial charge in [0.1, 0.15) is 0 Å². The molecule has 5 heteroatoms. The Kier molecular flexibility index (Phi) is 5.25. The number of hydrogen-bond acceptors (Lipinski definition) is 3. The Morgan fingerprint density at radius 2 is 1.76 bits per heavy atom. The highest BCUT2D eigenvalue weighted by molar-refractivity contribution is 5.84. The van der Waals surface area contributed by atoms with Crippen LogP contribution in [0, 0.1) is 0 Å². The Hall–Kier alpha value is -1.10. The Balaban J connectivity index is 1.88. The first kappa shape index (κ1) is 16.3. The summed E-state index contributed by atoms with van der Waals surface area (Å²) >= 11 is 0. The van der Waals surface area contributed by atoms with Crippen molar-refractivity contribution < 1.29 is 9.59 Å². The van der Waals surface area contributed by atoms with Crippen LogP contribution in [0.5, 0.6) is 0 Å². The molecule has 1 saturated heterocycles. The molecular weight excluding hydrogens is 266 g/mol. The molecule has 1 heterocycles. The lowest BCUT2D eigenvalue weighted by Crippen LogP contribution is -2.55. The van der Waals surface area contributed by atoms with Crippen molar-refractivity contribution in [2.24, 2.45) is 0 Å². The molecular formula is C16H29N3O2. The molecule has 0 bridgehead atoms. The monoisotopic (exact) mass is 295 g/mol. The van der Waals surface area contributed by atoms with E-state index in [4.69, 9.17) is 0 Å². The molecule has 0 aromatic carbocycles. The van der Waals surface area contributed by atoms with E-state index in [1.54, 1.807) is 0 Å². The van der Waals surface area contributed by atoms with Gasteiger partial charge in [0, 0.05) is 18.1 Å². The third-order valence-electron chi connectivity index (χ3n) is 4.80.